The highest BCUT2D eigenvalue weighted by molar-refractivity contribution is 6.19. The summed E-state index contributed by atoms with van der Waals surface area (Å²) in [6.45, 7) is 0. The molecule has 0 amide bonds. The van der Waals surface area contributed by atoms with Crippen LogP contribution < -0.4 is 4.90 Å². The second-order valence-electron chi connectivity index (χ2n) is 12.8. The van der Waals surface area contributed by atoms with Crippen LogP contribution in [-0.2, 0) is 0 Å². The molecule has 0 saturated carbocycles. The van der Waals surface area contributed by atoms with E-state index in [4.69, 9.17) is 0 Å². The standard InChI is InChI=1S/C48H35N/c1-3-10-34(11-4-1)36-18-25-40(26-19-36)49(41-27-20-37(21-28-41)35-12-5-2-6-13-35)42-29-22-39(23-30-42)44-16-9-17-45-46(44)32-33-47-43-15-8-7-14-38(43)24-31-48(45)47/h1,3-5,7-33H,2,6H2. The molecule has 0 aliphatic heterocycles. The molecule has 0 N–H and O–H groups in total. The summed E-state index contributed by atoms with van der Waals surface area (Å²) in [5.74, 6) is 0. The van der Waals surface area contributed by atoms with Crippen molar-refractivity contribution < 1.29 is 0 Å². The van der Waals surface area contributed by atoms with Crippen LogP contribution in [0.4, 0.5) is 17.1 Å². The van der Waals surface area contributed by atoms with Gasteiger partial charge in [0.2, 0.25) is 0 Å². The molecule has 0 fully saturated rings. The predicted octanol–water partition coefficient (Wildman–Crippen LogP) is 13.7. The van der Waals surface area contributed by atoms with E-state index in [9.17, 15) is 0 Å². The largest absolute Gasteiger partial charge is 0.311 e. The molecular weight excluding hydrogens is 591 g/mol. The molecule has 0 atom stereocenters. The Kier molecular flexibility index (Phi) is 7.37. The van der Waals surface area contributed by atoms with Crippen molar-refractivity contribution in [2.75, 3.05) is 4.90 Å². The molecule has 49 heavy (non-hydrogen) atoms. The first-order valence-electron chi connectivity index (χ1n) is 17.2. The Morgan fingerprint density at radius 2 is 0.898 bits per heavy atom. The zero-order chi connectivity index (χ0) is 32.6. The maximum absolute atomic E-state index is 2.36. The first-order valence-corrected chi connectivity index (χ1v) is 17.2. The van der Waals surface area contributed by atoms with Gasteiger partial charge in [0.15, 0.2) is 0 Å². The van der Waals surface area contributed by atoms with Crippen LogP contribution in [-0.4, -0.2) is 0 Å². The summed E-state index contributed by atoms with van der Waals surface area (Å²) in [7, 11) is 0. The summed E-state index contributed by atoms with van der Waals surface area (Å²) in [6, 6.07) is 62.0. The van der Waals surface area contributed by atoms with Gasteiger partial charge in [-0.3, -0.25) is 0 Å². The Morgan fingerprint density at radius 1 is 0.347 bits per heavy atom. The van der Waals surface area contributed by atoms with E-state index < -0.39 is 0 Å². The minimum Gasteiger partial charge on any atom is -0.311 e. The fourth-order valence-corrected chi connectivity index (χ4v) is 7.41. The molecule has 8 aromatic carbocycles. The average molecular weight is 626 g/mol. The van der Waals surface area contributed by atoms with E-state index in [2.05, 4.69) is 193 Å². The Morgan fingerprint density at radius 3 is 1.61 bits per heavy atom. The van der Waals surface area contributed by atoms with Gasteiger partial charge in [0.05, 0.1) is 0 Å². The van der Waals surface area contributed by atoms with Crippen LogP contribution in [0.25, 0.3) is 60.1 Å². The van der Waals surface area contributed by atoms with Gasteiger partial charge in [-0.15, -0.1) is 0 Å². The minimum atomic E-state index is 1.10. The van der Waals surface area contributed by atoms with Crippen LogP contribution in [0, 0.1) is 0 Å². The van der Waals surface area contributed by atoms with Gasteiger partial charge in [-0.05, 0) is 115 Å². The lowest BCUT2D eigenvalue weighted by Gasteiger charge is -2.26. The smallest absolute Gasteiger partial charge is 0.0462 e. The van der Waals surface area contributed by atoms with Gasteiger partial charge in [0.25, 0.3) is 0 Å². The van der Waals surface area contributed by atoms with E-state index in [1.165, 1.54) is 65.7 Å². The Labute approximate surface area is 287 Å². The van der Waals surface area contributed by atoms with Crippen molar-refractivity contribution in [2.45, 2.75) is 12.8 Å². The number of rotatable bonds is 6. The lowest BCUT2D eigenvalue weighted by Crippen LogP contribution is -2.10. The van der Waals surface area contributed by atoms with Crippen LogP contribution in [0.5, 0.6) is 0 Å². The van der Waals surface area contributed by atoms with Gasteiger partial charge in [0.1, 0.15) is 0 Å². The zero-order valence-electron chi connectivity index (χ0n) is 27.3. The molecule has 1 nitrogen and oxygen atoms in total. The SMILES string of the molecule is C1=CC(c2ccc(N(c3ccc(-c4ccccc4)cc3)c3ccc(-c4cccc5c4ccc4c6ccccc6ccc54)cc3)cc2)=CCC1. The number of anilines is 3. The number of nitrogens with zero attached hydrogens (tertiary/aromatic N) is 1. The first-order chi connectivity index (χ1) is 24.3. The topological polar surface area (TPSA) is 3.24 Å². The van der Waals surface area contributed by atoms with Gasteiger partial charge in [-0.2, -0.15) is 0 Å². The number of hydrogen-bond acceptors (Lipinski definition) is 1. The molecule has 0 unspecified atom stereocenters. The molecule has 0 heterocycles. The fraction of sp³-hybridized carbons (Fsp3) is 0.0417. The van der Waals surface area contributed by atoms with E-state index in [0.29, 0.717) is 0 Å². The minimum absolute atomic E-state index is 1.10. The predicted molar refractivity (Wildman–Crippen MR) is 211 cm³/mol. The molecule has 8 aromatic rings. The molecule has 1 aliphatic carbocycles. The summed E-state index contributed by atoms with van der Waals surface area (Å²) >= 11 is 0. The van der Waals surface area contributed by atoms with Gasteiger partial charge in [0, 0.05) is 17.1 Å². The van der Waals surface area contributed by atoms with Crippen LogP contribution in [0.3, 0.4) is 0 Å². The second-order valence-corrected chi connectivity index (χ2v) is 12.8. The Bertz CT molecular complexity index is 2500. The highest BCUT2D eigenvalue weighted by Gasteiger charge is 2.15. The van der Waals surface area contributed by atoms with Crippen LogP contribution in [0.15, 0.2) is 188 Å². The molecule has 0 bridgehead atoms. The number of fused-ring (bicyclic) bond motifs is 5. The van der Waals surface area contributed by atoms with Crippen molar-refractivity contribution in [1.82, 2.24) is 0 Å². The molecule has 9 rings (SSSR count). The van der Waals surface area contributed by atoms with Crippen LogP contribution in [0.2, 0.25) is 0 Å². The van der Waals surface area contributed by atoms with E-state index in [1.807, 2.05) is 0 Å². The van der Waals surface area contributed by atoms with Crippen molar-refractivity contribution >= 4 is 55.0 Å². The maximum Gasteiger partial charge on any atom is 0.0462 e. The van der Waals surface area contributed by atoms with Crippen molar-refractivity contribution in [3.63, 3.8) is 0 Å². The van der Waals surface area contributed by atoms with Crippen molar-refractivity contribution in [1.29, 1.82) is 0 Å². The van der Waals surface area contributed by atoms with E-state index in [0.717, 1.165) is 29.9 Å². The van der Waals surface area contributed by atoms with E-state index in [1.54, 1.807) is 0 Å². The molecule has 0 saturated heterocycles. The zero-order valence-corrected chi connectivity index (χ0v) is 27.3. The lowest BCUT2D eigenvalue weighted by molar-refractivity contribution is 1.04. The third-order valence-corrected chi connectivity index (χ3v) is 9.91. The Hall–Kier alpha value is -6.18. The number of benzene rings is 8. The molecule has 0 spiro atoms. The quantitative estimate of drug-likeness (QED) is 0.166. The van der Waals surface area contributed by atoms with Crippen LogP contribution >= 0.6 is 0 Å². The van der Waals surface area contributed by atoms with Crippen molar-refractivity contribution in [2.24, 2.45) is 0 Å². The highest BCUT2D eigenvalue weighted by Crippen LogP contribution is 2.40. The lowest BCUT2D eigenvalue weighted by atomic mass is 9.92. The molecule has 0 aromatic heterocycles. The molecule has 1 heteroatoms. The summed E-state index contributed by atoms with van der Waals surface area (Å²) in [4.78, 5) is 2.36. The van der Waals surface area contributed by atoms with Crippen molar-refractivity contribution in [3.8, 4) is 22.3 Å². The van der Waals surface area contributed by atoms with Crippen molar-refractivity contribution in [3.05, 3.63) is 194 Å². The third-order valence-electron chi connectivity index (χ3n) is 9.91. The second kappa shape index (κ2) is 12.4. The van der Waals surface area contributed by atoms with Crippen LogP contribution in [0.1, 0.15) is 18.4 Å². The summed E-state index contributed by atoms with van der Waals surface area (Å²) in [5, 5.41) is 7.73. The monoisotopic (exact) mass is 625 g/mol. The first kappa shape index (κ1) is 29.0. The molecular formula is C48H35N. The average Bonchev–Trinajstić information content (AvgIpc) is 3.19. The van der Waals surface area contributed by atoms with E-state index in [-0.39, 0.29) is 0 Å². The highest BCUT2D eigenvalue weighted by atomic mass is 15.1. The molecule has 0 radical (unpaired) electrons. The molecule has 1 aliphatic rings. The number of allylic oxidation sites excluding steroid dienone is 4. The molecule has 232 valence electrons. The Balaban J connectivity index is 1.11. The van der Waals surface area contributed by atoms with Gasteiger partial charge in [-0.25, -0.2) is 0 Å². The third kappa shape index (κ3) is 5.40. The van der Waals surface area contributed by atoms with E-state index >= 15 is 0 Å². The maximum atomic E-state index is 2.36. The van der Waals surface area contributed by atoms with Gasteiger partial charge in [-0.1, -0.05) is 152 Å². The van der Waals surface area contributed by atoms with Gasteiger partial charge >= 0.3 is 0 Å². The van der Waals surface area contributed by atoms with Gasteiger partial charge < -0.3 is 4.90 Å². The summed E-state index contributed by atoms with van der Waals surface area (Å²) in [5.41, 5.74) is 10.8. The summed E-state index contributed by atoms with van der Waals surface area (Å²) in [6.07, 6.45) is 9.08. The normalized spacial score (nSPS) is 12.8. The summed E-state index contributed by atoms with van der Waals surface area (Å²) < 4.78 is 0. The number of hydrogen-bond donors (Lipinski definition) is 0. The fourth-order valence-electron chi connectivity index (χ4n) is 7.41.